The zero-order valence-electron chi connectivity index (χ0n) is 23.5. The van der Waals surface area contributed by atoms with Gasteiger partial charge in [0.05, 0.1) is 32.7 Å². The van der Waals surface area contributed by atoms with E-state index in [1.807, 2.05) is 13.8 Å². The minimum absolute atomic E-state index is 0. The minimum Gasteiger partial charge on any atom is -0.479 e. The number of hydrogen-bond donors (Lipinski definition) is 1. The van der Waals surface area contributed by atoms with Gasteiger partial charge in [-0.05, 0) is 19.3 Å². The van der Waals surface area contributed by atoms with Crippen LogP contribution in [0.25, 0.3) is 5.69 Å². The van der Waals surface area contributed by atoms with Crippen LogP contribution in [0.5, 0.6) is 11.8 Å². The Morgan fingerprint density at radius 3 is 2.32 bits per heavy atom. The number of methoxy groups -OCH3 is 3. The second-order valence-electron chi connectivity index (χ2n) is 8.93. The molecule has 41 heavy (non-hydrogen) atoms. The average molecular weight is 598 g/mol. The second-order valence-corrected chi connectivity index (χ2v) is 10.9. The lowest BCUT2D eigenvalue weighted by Crippen LogP contribution is -2.51. The molecule has 0 unspecified atom stereocenters. The average Bonchev–Trinajstić information content (AvgIpc) is 3.68. The molecule has 1 N–H and O–H groups in total. The van der Waals surface area contributed by atoms with Crippen LogP contribution in [0.4, 0.5) is 16.3 Å². The van der Waals surface area contributed by atoms with Crippen LogP contribution in [0.2, 0.25) is 0 Å². The van der Waals surface area contributed by atoms with Gasteiger partial charge in [0.15, 0.2) is 17.3 Å². The van der Waals surface area contributed by atoms with Gasteiger partial charge in [-0.1, -0.05) is 13.8 Å². The number of sulfonamides is 1. The normalized spacial score (nSPS) is 20.7. The highest BCUT2D eigenvalue weighted by atomic mass is 32.2. The fraction of sp³-hybridized carbons (Fsp3) is 0.583. The smallest absolute Gasteiger partial charge is 0.245 e. The molecule has 2 saturated heterocycles. The molecule has 5 rings (SSSR count). The van der Waals surface area contributed by atoms with Crippen molar-refractivity contribution in [2.24, 2.45) is 0 Å². The Bertz CT molecular complexity index is 1390. The molecule has 0 spiro atoms. The number of rotatable bonds is 9. The number of piperidine rings is 1. The van der Waals surface area contributed by atoms with Gasteiger partial charge in [0.25, 0.3) is 0 Å². The molecule has 3 aromatic rings. The summed E-state index contributed by atoms with van der Waals surface area (Å²) in [6.45, 7) is 4.90. The van der Waals surface area contributed by atoms with Gasteiger partial charge in [0, 0.05) is 28.2 Å². The van der Waals surface area contributed by atoms with E-state index in [9.17, 15) is 12.8 Å². The molecule has 2 aliphatic rings. The first kappa shape index (κ1) is 30.3. The summed E-state index contributed by atoms with van der Waals surface area (Å²) in [5.74, 6) is 0.0728. The van der Waals surface area contributed by atoms with Crippen LogP contribution in [0, 0.1) is 5.82 Å². The summed E-state index contributed by atoms with van der Waals surface area (Å²) in [4.78, 5) is 17.9. The van der Waals surface area contributed by atoms with Crippen LogP contribution in [-0.4, -0.2) is 95.5 Å². The number of anilines is 2. The van der Waals surface area contributed by atoms with E-state index >= 15 is 0 Å². The number of halogens is 1. The molecule has 2 fully saturated rings. The summed E-state index contributed by atoms with van der Waals surface area (Å²) in [5, 5.41) is 7.46. The van der Waals surface area contributed by atoms with E-state index in [4.69, 9.17) is 18.9 Å². The maximum atomic E-state index is 13.8. The molecule has 3 atom stereocenters. The predicted molar refractivity (Wildman–Crippen MR) is 147 cm³/mol. The summed E-state index contributed by atoms with van der Waals surface area (Å²) < 4.78 is 67.2. The van der Waals surface area contributed by atoms with Crippen LogP contribution in [0.3, 0.4) is 0 Å². The first-order chi connectivity index (χ1) is 19.8. The third kappa shape index (κ3) is 6.46. The van der Waals surface area contributed by atoms with E-state index in [1.54, 1.807) is 4.90 Å². The third-order valence-electron chi connectivity index (χ3n) is 6.54. The van der Waals surface area contributed by atoms with Gasteiger partial charge >= 0.3 is 0 Å². The Balaban J connectivity index is 0.00000158. The van der Waals surface area contributed by atoms with Gasteiger partial charge in [0.1, 0.15) is 17.7 Å². The lowest BCUT2D eigenvalue weighted by atomic mass is 10.1. The van der Waals surface area contributed by atoms with Crippen molar-refractivity contribution in [2.45, 2.75) is 50.6 Å². The van der Waals surface area contributed by atoms with Crippen LogP contribution >= 0.6 is 0 Å². The predicted octanol–water partition coefficient (Wildman–Crippen LogP) is 2.16. The first-order valence-corrected chi connectivity index (χ1v) is 14.7. The Morgan fingerprint density at radius 2 is 1.73 bits per heavy atom. The van der Waals surface area contributed by atoms with Crippen molar-refractivity contribution in [1.29, 1.82) is 0 Å². The highest BCUT2D eigenvalue weighted by Gasteiger charge is 2.39. The maximum Gasteiger partial charge on any atom is 0.245 e. The number of nitrogens with zero attached hydrogens (tertiary/aromatic N) is 8. The monoisotopic (exact) mass is 597 g/mol. The molecule has 17 heteroatoms. The first-order valence-electron chi connectivity index (χ1n) is 13.1. The molecule has 0 saturated carbocycles. The van der Waals surface area contributed by atoms with Gasteiger partial charge in [-0.2, -0.15) is 9.97 Å². The van der Waals surface area contributed by atoms with E-state index in [0.717, 1.165) is 18.8 Å². The number of nitrogens with one attached hydrogen (secondary N) is 1. The molecule has 0 aromatic carbocycles. The minimum atomic E-state index is -4.10. The van der Waals surface area contributed by atoms with Gasteiger partial charge in [-0.25, -0.2) is 22.8 Å². The lowest BCUT2D eigenvalue weighted by Gasteiger charge is -2.36. The molecule has 0 aliphatic carbocycles. The summed E-state index contributed by atoms with van der Waals surface area (Å²) in [6, 6.07) is 0. The van der Waals surface area contributed by atoms with Crippen molar-refractivity contribution in [3.05, 3.63) is 30.4 Å². The summed E-state index contributed by atoms with van der Waals surface area (Å²) in [7, 11) is 0.241. The molecular weight excluding hydrogens is 561 g/mol. The molecule has 226 valence electrons. The van der Waals surface area contributed by atoms with E-state index < -0.39 is 33.3 Å². The van der Waals surface area contributed by atoms with Gasteiger partial charge in [-0.3, -0.25) is 9.29 Å². The molecular formula is C24H36FN9O6S. The molecule has 3 aromatic heterocycles. The molecule has 0 amide bonds. The van der Waals surface area contributed by atoms with Crippen LogP contribution in [0.1, 0.15) is 46.5 Å². The Labute approximate surface area is 239 Å². The van der Waals surface area contributed by atoms with Crippen molar-refractivity contribution in [3.63, 3.8) is 0 Å². The van der Waals surface area contributed by atoms with Gasteiger partial charge in [-0.15, -0.1) is 10.2 Å². The lowest BCUT2D eigenvalue weighted by molar-refractivity contribution is 0.0898. The Morgan fingerprint density at radius 1 is 1.05 bits per heavy atom. The fourth-order valence-corrected chi connectivity index (χ4v) is 6.05. The van der Waals surface area contributed by atoms with Crippen molar-refractivity contribution < 1.29 is 33.2 Å². The van der Waals surface area contributed by atoms with Crippen molar-refractivity contribution in [3.8, 4) is 17.4 Å². The number of aromatic nitrogens is 7. The van der Waals surface area contributed by atoms with E-state index in [2.05, 4.69) is 34.9 Å². The summed E-state index contributed by atoms with van der Waals surface area (Å²) in [5.41, 5.74) is 0.218. The third-order valence-corrected chi connectivity index (χ3v) is 8.23. The van der Waals surface area contributed by atoms with Gasteiger partial charge in [0.2, 0.25) is 33.7 Å². The topological polar surface area (TPSA) is 169 Å². The summed E-state index contributed by atoms with van der Waals surface area (Å²) >= 11 is 0. The number of hydrogen-bond acceptors (Lipinski definition) is 13. The highest BCUT2D eigenvalue weighted by molar-refractivity contribution is 7.93. The van der Waals surface area contributed by atoms with Crippen molar-refractivity contribution in [1.82, 2.24) is 34.7 Å². The molecule has 2 aliphatic heterocycles. The quantitative estimate of drug-likeness (QED) is 0.381. The molecule has 5 heterocycles. The zero-order chi connectivity index (χ0) is 29.6. The number of ether oxygens (including phenoxy) is 4. The SMILES string of the molecule is CC.COc1ncnc(OC)c1-n1c(NS(=O)(=O)[C@H]2C[C@H](OC)CN(c3ncc(F)cn3)C2)nnc1[C@@H]1CCCO1.[HH]. The largest absolute Gasteiger partial charge is 0.479 e. The Hall–Kier alpha value is -3.70. The fourth-order valence-electron chi connectivity index (χ4n) is 4.66. The maximum absolute atomic E-state index is 13.8. The van der Waals surface area contributed by atoms with E-state index in [-0.39, 0.29) is 43.7 Å². The molecule has 0 bridgehead atoms. The van der Waals surface area contributed by atoms with E-state index in [1.165, 1.54) is 32.2 Å². The molecule has 15 nitrogen and oxygen atoms in total. The van der Waals surface area contributed by atoms with Crippen molar-refractivity contribution in [2.75, 3.05) is 50.6 Å². The highest BCUT2D eigenvalue weighted by Crippen LogP contribution is 2.37. The van der Waals surface area contributed by atoms with Crippen LogP contribution < -0.4 is 19.1 Å². The zero-order valence-corrected chi connectivity index (χ0v) is 24.3. The van der Waals surface area contributed by atoms with Gasteiger partial charge < -0.3 is 23.8 Å². The molecule has 0 radical (unpaired) electrons. The van der Waals surface area contributed by atoms with Crippen molar-refractivity contribution >= 4 is 21.9 Å². The Kier molecular flexibility index (Phi) is 9.82. The second kappa shape index (κ2) is 13.3. The summed E-state index contributed by atoms with van der Waals surface area (Å²) in [6.07, 6.45) is 4.09. The standard InChI is InChI=1S/C22H28FN9O6S.C2H6.H2/c1-35-14-7-15(11-31(10-14)21-24-8-13(23)9-25-21)39(33,34)30-22-29-28-18(16-5-4-6-38-16)32(22)17-19(36-2)26-12-27-20(17)37-3;1-2;/h8-9,12,14-16H,4-7,10-11H2,1-3H3,(H,29,30);1-2H3;1H/t14-,15-,16-;;/m0../s1. The van der Waals surface area contributed by atoms with Crippen LogP contribution in [0.15, 0.2) is 18.7 Å². The van der Waals surface area contributed by atoms with Crippen LogP contribution in [-0.2, 0) is 19.5 Å². The van der Waals surface area contributed by atoms with E-state index in [0.29, 0.717) is 25.4 Å².